The molecule has 2 aromatic carbocycles. The first kappa shape index (κ1) is 19.9. The Hall–Kier alpha value is -3.42. The number of pyridine rings is 1. The Morgan fingerprint density at radius 2 is 1.97 bits per heavy atom. The van der Waals surface area contributed by atoms with Crippen molar-refractivity contribution in [3.8, 4) is 11.4 Å². The lowest BCUT2D eigenvalue weighted by Crippen LogP contribution is -2.21. The molecule has 4 aromatic rings. The molecule has 0 spiro atoms. The van der Waals surface area contributed by atoms with Crippen molar-refractivity contribution in [2.45, 2.75) is 0 Å². The smallest absolute Gasteiger partial charge is 0.338 e. The standard InChI is InChI=1S/C21H14Cl2N4O3/c22-14-4-6-16(15(23)9-14)25-19(28)11-30-21(29)12-3-5-17-18(8-12)27-20(26-17)13-2-1-7-24-10-13/h1-10H,11H2,(H,25,28)(H,26,27). The second-order valence-electron chi connectivity index (χ2n) is 6.31. The Kier molecular flexibility index (Phi) is 5.65. The molecule has 1 amide bonds. The number of hydrogen-bond acceptors (Lipinski definition) is 5. The van der Waals surface area contributed by atoms with E-state index in [-0.39, 0.29) is 5.02 Å². The molecular formula is C21H14Cl2N4O3. The molecule has 0 saturated heterocycles. The number of benzene rings is 2. The van der Waals surface area contributed by atoms with Gasteiger partial charge in [-0.25, -0.2) is 9.78 Å². The summed E-state index contributed by atoms with van der Waals surface area (Å²) in [5.74, 6) is -0.510. The molecule has 0 atom stereocenters. The molecule has 7 nitrogen and oxygen atoms in total. The van der Waals surface area contributed by atoms with Crippen molar-refractivity contribution in [1.82, 2.24) is 15.0 Å². The lowest BCUT2D eigenvalue weighted by molar-refractivity contribution is -0.119. The van der Waals surface area contributed by atoms with Crippen LogP contribution in [0.5, 0.6) is 0 Å². The van der Waals surface area contributed by atoms with E-state index < -0.39 is 18.5 Å². The SMILES string of the molecule is O=C(COC(=O)c1ccc2nc(-c3cccnc3)[nH]c2c1)Nc1ccc(Cl)cc1Cl. The number of carbonyl (C=O) groups is 2. The van der Waals surface area contributed by atoms with Gasteiger partial charge in [-0.15, -0.1) is 0 Å². The maximum absolute atomic E-state index is 12.3. The van der Waals surface area contributed by atoms with Crippen LogP contribution in [0.1, 0.15) is 10.4 Å². The number of imidazole rings is 1. The third-order valence-electron chi connectivity index (χ3n) is 4.19. The number of halogens is 2. The topological polar surface area (TPSA) is 97.0 Å². The molecule has 150 valence electrons. The molecule has 0 aliphatic rings. The van der Waals surface area contributed by atoms with Gasteiger partial charge in [0.05, 0.1) is 27.3 Å². The van der Waals surface area contributed by atoms with Crippen LogP contribution in [0.15, 0.2) is 60.9 Å². The number of amides is 1. The van der Waals surface area contributed by atoms with Crippen molar-refractivity contribution in [3.63, 3.8) is 0 Å². The monoisotopic (exact) mass is 440 g/mol. The molecule has 0 aliphatic heterocycles. The zero-order valence-corrected chi connectivity index (χ0v) is 16.9. The molecule has 30 heavy (non-hydrogen) atoms. The third-order valence-corrected chi connectivity index (χ3v) is 4.74. The maximum Gasteiger partial charge on any atom is 0.338 e. The summed E-state index contributed by atoms with van der Waals surface area (Å²) in [7, 11) is 0. The van der Waals surface area contributed by atoms with Gasteiger partial charge in [-0.2, -0.15) is 0 Å². The fraction of sp³-hybridized carbons (Fsp3) is 0.0476. The summed E-state index contributed by atoms with van der Waals surface area (Å²) < 4.78 is 5.10. The number of aromatic amines is 1. The molecule has 0 aliphatic carbocycles. The highest BCUT2D eigenvalue weighted by atomic mass is 35.5. The Balaban J connectivity index is 1.42. The van der Waals surface area contributed by atoms with Crippen LogP contribution in [0.3, 0.4) is 0 Å². The van der Waals surface area contributed by atoms with E-state index in [1.54, 1.807) is 42.7 Å². The molecule has 2 N–H and O–H groups in total. The largest absolute Gasteiger partial charge is 0.452 e. The second kappa shape index (κ2) is 8.52. The van der Waals surface area contributed by atoms with Gasteiger partial charge >= 0.3 is 5.97 Å². The van der Waals surface area contributed by atoms with Crippen LogP contribution in [-0.4, -0.2) is 33.4 Å². The van der Waals surface area contributed by atoms with Gasteiger partial charge in [-0.05, 0) is 48.5 Å². The first-order valence-electron chi connectivity index (χ1n) is 8.82. The summed E-state index contributed by atoms with van der Waals surface area (Å²) in [5.41, 5.74) is 2.86. The molecule has 0 fully saturated rings. The molecule has 0 saturated carbocycles. The number of rotatable bonds is 5. The first-order chi connectivity index (χ1) is 14.5. The number of aromatic nitrogens is 3. The fourth-order valence-electron chi connectivity index (χ4n) is 2.77. The average Bonchev–Trinajstić information content (AvgIpc) is 3.18. The van der Waals surface area contributed by atoms with E-state index in [4.69, 9.17) is 27.9 Å². The lowest BCUT2D eigenvalue weighted by atomic mass is 10.2. The normalized spacial score (nSPS) is 10.7. The maximum atomic E-state index is 12.3. The summed E-state index contributed by atoms with van der Waals surface area (Å²) >= 11 is 11.8. The van der Waals surface area contributed by atoms with E-state index in [1.807, 2.05) is 12.1 Å². The van der Waals surface area contributed by atoms with Crippen molar-refractivity contribution in [2.75, 3.05) is 11.9 Å². The molecule has 0 unspecified atom stereocenters. The van der Waals surface area contributed by atoms with Crippen LogP contribution >= 0.6 is 23.2 Å². The third kappa shape index (κ3) is 4.42. The highest BCUT2D eigenvalue weighted by molar-refractivity contribution is 6.36. The van der Waals surface area contributed by atoms with Crippen molar-refractivity contribution < 1.29 is 14.3 Å². The molecule has 0 radical (unpaired) electrons. The van der Waals surface area contributed by atoms with Gasteiger partial charge in [-0.3, -0.25) is 9.78 Å². The Morgan fingerprint density at radius 1 is 1.10 bits per heavy atom. The van der Waals surface area contributed by atoms with Crippen LogP contribution in [0.4, 0.5) is 5.69 Å². The van der Waals surface area contributed by atoms with Crippen LogP contribution in [0.25, 0.3) is 22.4 Å². The second-order valence-corrected chi connectivity index (χ2v) is 7.15. The number of ether oxygens (including phenoxy) is 1. The van der Waals surface area contributed by atoms with Gasteiger partial charge in [0.1, 0.15) is 5.82 Å². The fourth-order valence-corrected chi connectivity index (χ4v) is 3.22. The van der Waals surface area contributed by atoms with Gasteiger partial charge in [0.25, 0.3) is 5.91 Å². The number of fused-ring (bicyclic) bond motifs is 1. The highest BCUT2D eigenvalue weighted by Gasteiger charge is 2.14. The van der Waals surface area contributed by atoms with Crippen LogP contribution in [0.2, 0.25) is 10.0 Å². The van der Waals surface area contributed by atoms with Crippen molar-refractivity contribution in [1.29, 1.82) is 0 Å². The van der Waals surface area contributed by atoms with Crippen LogP contribution in [-0.2, 0) is 9.53 Å². The van der Waals surface area contributed by atoms with Gasteiger partial charge in [0, 0.05) is 23.0 Å². The molecule has 2 aromatic heterocycles. The predicted octanol–water partition coefficient (Wildman–Crippen LogP) is 4.73. The van der Waals surface area contributed by atoms with Crippen LogP contribution < -0.4 is 5.32 Å². The number of esters is 1. The van der Waals surface area contributed by atoms with Crippen molar-refractivity contribution >= 4 is 51.8 Å². The first-order valence-corrected chi connectivity index (χ1v) is 9.57. The average molecular weight is 441 g/mol. The number of hydrogen-bond donors (Lipinski definition) is 2. The van der Waals surface area contributed by atoms with E-state index in [0.29, 0.717) is 33.1 Å². The van der Waals surface area contributed by atoms with E-state index in [9.17, 15) is 9.59 Å². The van der Waals surface area contributed by atoms with Gasteiger partial charge in [0.2, 0.25) is 0 Å². The minimum absolute atomic E-state index is 0.288. The quantitative estimate of drug-likeness (QED) is 0.437. The summed E-state index contributed by atoms with van der Waals surface area (Å²) in [6.45, 7) is -0.459. The zero-order chi connectivity index (χ0) is 21.1. The Labute approximate surface area is 181 Å². The highest BCUT2D eigenvalue weighted by Crippen LogP contribution is 2.25. The number of H-pyrrole nitrogens is 1. The van der Waals surface area contributed by atoms with Gasteiger partial charge in [-0.1, -0.05) is 23.2 Å². The summed E-state index contributed by atoms with van der Waals surface area (Å²) in [6, 6.07) is 13.3. The number of nitrogens with one attached hydrogen (secondary N) is 2. The Morgan fingerprint density at radius 3 is 2.73 bits per heavy atom. The summed E-state index contributed by atoms with van der Waals surface area (Å²) in [4.78, 5) is 36.1. The number of anilines is 1. The van der Waals surface area contributed by atoms with Gasteiger partial charge in [0.15, 0.2) is 6.61 Å². The number of carbonyl (C=O) groups excluding carboxylic acids is 2. The molecule has 9 heteroatoms. The minimum atomic E-state index is -0.633. The van der Waals surface area contributed by atoms with Crippen molar-refractivity contribution in [2.24, 2.45) is 0 Å². The molecule has 2 heterocycles. The van der Waals surface area contributed by atoms with E-state index >= 15 is 0 Å². The van der Waals surface area contributed by atoms with E-state index in [0.717, 1.165) is 5.56 Å². The summed E-state index contributed by atoms with van der Waals surface area (Å²) in [5, 5.41) is 3.30. The van der Waals surface area contributed by atoms with Gasteiger partial charge < -0.3 is 15.0 Å². The van der Waals surface area contributed by atoms with E-state index in [1.165, 1.54) is 6.07 Å². The molecule has 4 rings (SSSR count). The number of nitrogens with zero attached hydrogens (tertiary/aromatic N) is 2. The van der Waals surface area contributed by atoms with E-state index in [2.05, 4.69) is 20.3 Å². The minimum Gasteiger partial charge on any atom is -0.452 e. The summed E-state index contributed by atoms with van der Waals surface area (Å²) in [6.07, 6.45) is 3.37. The predicted molar refractivity (Wildman–Crippen MR) is 115 cm³/mol. The Bertz CT molecular complexity index is 1240. The lowest BCUT2D eigenvalue weighted by Gasteiger charge is -2.08. The van der Waals surface area contributed by atoms with Crippen molar-refractivity contribution in [3.05, 3.63) is 76.5 Å². The molecular weight excluding hydrogens is 427 g/mol. The zero-order valence-electron chi connectivity index (χ0n) is 15.4. The molecule has 0 bridgehead atoms. The van der Waals surface area contributed by atoms with Crippen LogP contribution in [0, 0.1) is 0 Å².